The summed E-state index contributed by atoms with van der Waals surface area (Å²) >= 11 is 0. The van der Waals surface area contributed by atoms with Crippen molar-refractivity contribution < 1.29 is 31.9 Å². The Morgan fingerprint density at radius 3 is 2.06 bits per heavy atom. The van der Waals surface area contributed by atoms with Gasteiger partial charge in [0.2, 0.25) is 21.6 Å². The summed E-state index contributed by atoms with van der Waals surface area (Å²) in [7, 11) is 0.365. The average molecular weight is 448 g/mol. The van der Waals surface area contributed by atoms with Crippen LogP contribution in [0.4, 0.5) is 0 Å². The van der Waals surface area contributed by atoms with Crippen LogP contribution in [0.2, 0.25) is 0 Å². The van der Waals surface area contributed by atoms with E-state index in [0.29, 0.717) is 13.1 Å². The molecule has 31 heavy (non-hydrogen) atoms. The number of carbonyl (C=O) groups is 2. The van der Waals surface area contributed by atoms with Gasteiger partial charge in [-0.2, -0.15) is 4.31 Å². The van der Waals surface area contributed by atoms with Gasteiger partial charge in [-0.05, 0) is 14.0 Å². The molecule has 4 rings (SSSR count). The number of fused-ring (bicyclic) bond motifs is 2. The van der Waals surface area contributed by atoms with Crippen LogP contribution in [0.15, 0.2) is 33.6 Å². The van der Waals surface area contributed by atoms with Gasteiger partial charge in [-0.1, -0.05) is 24.3 Å². The molecule has 10 heteroatoms. The molecule has 0 spiro atoms. The van der Waals surface area contributed by atoms with Crippen LogP contribution < -0.4 is 0 Å². The number of rotatable bonds is 5. The lowest BCUT2D eigenvalue weighted by Gasteiger charge is -2.32. The van der Waals surface area contributed by atoms with Crippen molar-refractivity contribution in [1.82, 2.24) is 9.21 Å². The summed E-state index contributed by atoms with van der Waals surface area (Å²) in [4.78, 5) is 28.2. The highest BCUT2D eigenvalue weighted by Gasteiger charge is 2.48. The normalized spacial score (nSPS) is 18.2. The zero-order chi connectivity index (χ0) is 22.6. The first-order valence-electron chi connectivity index (χ1n) is 9.80. The maximum absolute atomic E-state index is 13.8. The van der Waals surface area contributed by atoms with E-state index in [0.717, 1.165) is 0 Å². The molecule has 0 saturated carbocycles. The Morgan fingerprint density at radius 1 is 0.968 bits per heavy atom. The third-order valence-corrected chi connectivity index (χ3v) is 7.92. The van der Waals surface area contributed by atoms with Crippen LogP contribution >= 0.6 is 0 Å². The SMILES string of the molecule is COC(C)(OC)c1oc2c(c1S(=O)(=O)N1CCN(C)CC1)C(=O)c1ccccc1C2=O. The average Bonchev–Trinajstić information content (AvgIpc) is 3.20. The van der Waals surface area contributed by atoms with Crippen molar-refractivity contribution in [2.24, 2.45) is 0 Å². The fraction of sp³-hybridized carbons (Fsp3) is 0.429. The van der Waals surface area contributed by atoms with Gasteiger partial charge in [-0.25, -0.2) is 8.42 Å². The summed E-state index contributed by atoms with van der Waals surface area (Å²) in [5.74, 6) is -3.30. The van der Waals surface area contributed by atoms with Crippen LogP contribution in [0.5, 0.6) is 0 Å². The van der Waals surface area contributed by atoms with Gasteiger partial charge in [-0.15, -0.1) is 0 Å². The number of methoxy groups -OCH3 is 2. The van der Waals surface area contributed by atoms with Crippen LogP contribution in [0, 0.1) is 0 Å². The van der Waals surface area contributed by atoms with Gasteiger partial charge in [0.25, 0.3) is 0 Å². The van der Waals surface area contributed by atoms with Gasteiger partial charge in [0, 0.05) is 51.5 Å². The van der Waals surface area contributed by atoms with E-state index in [4.69, 9.17) is 13.9 Å². The zero-order valence-electron chi connectivity index (χ0n) is 17.8. The lowest BCUT2D eigenvalue weighted by Crippen LogP contribution is -2.47. The van der Waals surface area contributed by atoms with E-state index in [1.165, 1.54) is 37.6 Å². The minimum atomic E-state index is -4.20. The number of sulfonamides is 1. The number of ether oxygens (including phenoxy) is 2. The predicted molar refractivity (Wildman–Crippen MR) is 110 cm³/mol. The Bertz CT molecular complexity index is 1160. The number of nitrogens with zero attached hydrogens (tertiary/aromatic N) is 2. The lowest BCUT2D eigenvalue weighted by atomic mass is 9.88. The summed E-state index contributed by atoms with van der Waals surface area (Å²) in [6.07, 6.45) is 0. The lowest BCUT2D eigenvalue weighted by molar-refractivity contribution is -0.214. The summed E-state index contributed by atoms with van der Waals surface area (Å²) in [6, 6.07) is 6.28. The molecule has 1 aliphatic carbocycles. The second-order valence-corrected chi connectivity index (χ2v) is 9.60. The van der Waals surface area contributed by atoms with E-state index in [-0.39, 0.29) is 46.2 Å². The molecule has 9 nitrogen and oxygen atoms in total. The molecule has 1 aromatic carbocycles. The van der Waals surface area contributed by atoms with Gasteiger partial charge in [0.15, 0.2) is 17.3 Å². The molecule has 0 amide bonds. The van der Waals surface area contributed by atoms with E-state index in [1.807, 2.05) is 11.9 Å². The molecule has 2 aliphatic rings. The highest BCUT2D eigenvalue weighted by Crippen LogP contribution is 2.42. The van der Waals surface area contributed by atoms with Crippen molar-refractivity contribution in [3.63, 3.8) is 0 Å². The quantitative estimate of drug-likeness (QED) is 0.540. The van der Waals surface area contributed by atoms with Gasteiger partial charge in [-0.3, -0.25) is 9.59 Å². The van der Waals surface area contributed by atoms with Crippen molar-refractivity contribution >= 4 is 21.6 Å². The first-order valence-corrected chi connectivity index (χ1v) is 11.2. The molecule has 1 aromatic heterocycles. The first kappa shape index (κ1) is 21.8. The summed E-state index contributed by atoms with van der Waals surface area (Å²) < 4.78 is 45.4. The Hall–Kier alpha value is -2.37. The molecule has 1 fully saturated rings. The Kier molecular flexibility index (Phi) is 5.39. The molecule has 0 N–H and O–H groups in total. The first-order chi connectivity index (χ1) is 14.7. The number of ketones is 2. The Morgan fingerprint density at radius 2 is 1.52 bits per heavy atom. The number of likely N-dealkylation sites (N-methyl/N-ethyl adjacent to an activating group) is 1. The largest absolute Gasteiger partial charge is 0.450 e. The van der Waals surface area contributed by atoms with Crippen LogP contribution in [-0.2, 0) is 25.3 Å². The number of hydrogen-bond donors (Lipinski definition) is 0. The molecule has 2 aromatic rings. The van der Waals surface area contributed by atoms with E-state index in [1.54, 1.807) is 12.1 Å². The number of carbonyl (C=O) groups excluding carboxylic acids is 2. The van der Waals surface area contributed by atoms with Gasteiger partial charge in [0.1, 0.15) is 4.90 Å². The van der Waals surface area contributed by atoms with E-state index < -0.39 is 27.4 Å². The standard InChI is InChI=1S/C21H24N2O7S/c1-21(28-3,29-4)20-19(31(26,27)23-11-9-22(2)10-12-23)15-16(24)13-7-5-6-8-14(13)17(25)18(15)30-20/h5-8H,9-12H2,1-4H3. The molecule has 2 heterocycles. The highest BCUT2D eigenvalue weighted by molar-refractivity contribution is 7.89. The predicted octanol–water partition coefficient (Wildman–Crippen LogP) is 1.46. The van der Waals surface area contributed by atoms with Crippen molar-refractivity contribution in [2.45, 2.75) is 17.6 Å². The van der Waals surface area contributed by atoms with Crippen molar-refractivity contribution in [3.8, 4) is 0 Å². The Labute approximate surface area is 180 Å². The van der Waals surface area contributed by atoms with Crippen LogP contribution in [0.25, 0.3) is 0 Å². The summed E-state index contributed by atoms with van der Waals surface area (Å²) in [5.41, 5.74) is 0.0389. The minimum Gasteiger partial charge on any atom is -0.450 e. The zero-order valence-corrected chi connectivity index (χ0v) is 18.6. The molecule has 0 atom stereocenters. The van der Waals surface area contributed by atoms with Crippen LogP contribution in [-0.4, -0.2) is 76.6 Å². The number of piperazine rings is 1. The van der Waals surface area contributed by atoms with Gasteiger partial charge < -0.3 is 18.8 Å². The molecule has 0 bridgehead atoms. The van der Waals surface area contributed by atoms with Crippen LogP contribution in [0.3, 0.4) is 0 Å². The van der Waals surface area contributed by atoms with E-state index in [2.05, 4.69) is 0 Å². The minimum absolute atomic E-state index is 0.138. The number of furan rings is 1. The second kappa shape index (κ2) is 7.64. The second-order valence-electron chi connectivity index (χ2n) is 7.73. The molecule has 1 aliphatic heterocycles. The maximum atomic E-state index is 13.8. The van der Waals surface area contributed by atoms with Crippen molar-refractivity contribution in [2.75, 3.05) is 47.4 Å². The van der Waals surface area contributed by atoms with Crippen molar-refractivity contribution in [1.29, 1.82) is 0 Å². The maximum Gasteiger partial charge on any atom is 0.247 e. The topological polar surface area (TPSA) is 106 Å². The molecule has 1 saturated heterocycles. The molecule has 166 valence electrons. The molecule has 0 radical (unpaired) electrons. The van der Waals surface area contributed by atoms with Gasteiger partial charge >= 0.3 is 0 Å². The molecular formula is C21H24N2O7S. The summed E-state index contributed by atoms with van der Waals surface area (Å²) in [6.45, 7) is 3.04. The molecular weight excluding hydrogens is 424 g/mol. The van der Waals surface area contributed by atoms with Crippen LogP contribution in [0.1, 0.15) is 44.7 Å². The highest BCUT2D eigenvalue weighted by atomic mass is 32.2. The summed E-state index contributed by atoms with van der Waals surface area (Å²) in [5, 5.41) is 0. The Balaban J connectivity index is 1.99. The molecule has 0 unspecified atom stereocenters. The number of benzene rings is 1. The van der Waals surface area contributed by atoms with Gasteiger partial charge in [0.05, 0.1) is 5.56 Å². The van der Waals surface area contributed by atoms with E-state index in [9.17, 15) is 18.0 Å². The third-order valence-electron chi connectivity index (χ3n) is 5.97. The third kappa shape index (κ3) is 3.26. The fourth-order valence-corrected chi connectivity index (χ4v) is 5.70. The van der Waals surface area contributed by atoms with E-state index >= 15 is 0 Å². The van der Waals surface area contributed by atoms with Crippen molar-refractivity contribution in [3.05, 3.63) is 52.5 Å². The fourth-order valence-electron chi connectivity index (χ4n) is 3.89. The monoisotopic (exact) mass is 448 g/mol. The number of hydrogen-bond acceptors (Lipinski definition) is 8. The smallest absolute Gasteiger partial charge is 0.247 e.